The van der Waals surface area contributed by atoms with Gasteiger partial charge in [0.2, 0.25) is 0 Å². The molecule has 0 spiro atoms. The van der Waals surface area contributed by atoms with E-state index >= 15 is 0 Å². The molecule has 1 aromatic rings. The van der Waals surface area contributed by atoms with E-state index in [0.717, 1.165) is 0 Å². The molecule has 0 saturated carbocycles. The van der Waals surface area contributed by atoms with Crippen LogP contribution in [0.15, 0.2) is 4.60 Å². The Morgan fingerprint density at radius 1 is 1.42 bits per heavy atom. The molecule has 1 aromatic heterocycles. The second kappa shape index (κ2) is 4.56. The van der Waals surface area contributed by atoms with Crippen LogP contribution in [0.5, 0.6) is 0 Å². The number of halogens is 4. The zero-order chi connectivity index (χ0) is 8.65. The number of hydrogen-bond acceptors (Lipinski definition) is 2. The van der Waals surface area contributed by atoms with E-state index in [1.165, 1.54) is 7.05 Å². The zero-order valence-electron chi connectivity index (χ0n) is 6.43. The van der Waals surface area contributed by atoms with Crippen LogP contribution < -0.4 is 57.0 Å². The smallest absolute Gasteiger partial charge is 0.444 e. The Morgan fingerprint density at radius 3 is 2.08 bits per heavy atom. The summed E-state index contributed by atoms with van der Waals surface area (Å²) < 4.78 is 36.7. The second-order valence-electron chi connectivity index (χ2n) is 1.96. The minimum absolute atomic E-state index is 0. The standard InChI is InChI=1S/C3H3BBrF3N3.K/c1-11-2(4(6,7)8)3(5)9-10-11;/h1H3;/q-1;+1. The first-order chi connectivity index (χ1) is 4.93. The quantitative estimate of drug-likeness (QED) is 0.533. The molecule has 9 heteroatoms. The van der Waals surface area contributed by atoms with Crippen molar-refractivity contribution in [3.05, 3.63) is 4.60 Å². The molecule has 0 unspecified atom stereocenters. The Kier molecular flexibility index (Phi) is 4.98. The SMILES string of the molecule is Cn1nnc(Br)c1[B-](F)(F)F.[K+]. The maximum Gasteiger partial charge on any atom is 1.00 e. The number of rotatable bonds is 1. The van der Waals surface area contributed by atoms with Crippen molar-refractivity contribution in [2.24, 2.45) is 7.05 Å². The molecule has 62 valence electrons. The molecule has 0 aromatic carbocycles. The van der Waals surface area contributed by atoms with Crippen LogP contribution in [0, 0.1) is 0 Å². The Hall–Kier alpha value is 1.11. The average Bonchev–Trinajstić information content (AvgIpc) is 2.08. The molecule has 1 rings (SSSR count). The maximum atomic E-state index is 12.1. The molecule has 0 fully saturated rings. The molecule has 0 N–H and O–H groups in total. The van der Waals surface area contributed by atoms with Crippen molar-refractivity contribution in [2.45, 2.75) is 0 Å². The molecule has 12 heavy (non-hydrogen) atoms. The third-order valence-electron chi connectivity index (χ3n) is 1.14. The van der Waals surface area contributed by atoms with Crippen LogP contribution >= 0.6 is 15.9 Å². The van der Waals surface area contributed by atoms with Crippen molar-refractivity contribution >= 4 is 28.5 Å². The molecule has 0 amide bonds. The number of aryl methyl sites for hydroxylation is 1. The van der Waals surface area contributed by atoms with Gasteiger partial charge in [-0.2, -0.15) is 0 Å². The van der Waals surface area contributed by atoms with E-state index < -0.39 is 12.6 Å². The van der Waals surface area contributed by atoms with Gasteiger partial charge in [0.05, 0.1) is 0 Å². The fraction of sp³-hybridized carbons (Fsp3) is 0.333. The molecule has 0 aliphatic rings. The molecule has 0 atom stereocenters. The van der Waals surface area contributed by atoms with Gasteiger partial charge in [0.15, 0.2) is 0 Å². The summed E-state index contributed by atoms with van der Waals surface area (Å²) in [5.41, 5.74) is -0.815. The summed E-state index contributed by atoms with van der Waals surface area (Å²) in [5.74, 6) is 0. The third kappa shape index (κ3) is 2.81. The first-order valence-electron chi connectivity index (χ1n) is 2.68. The van der Waals surface area contributed by atoms with Gasteiger partial charge in [-0.1, -0.05) is 5.21 Å². The van der Waals surface area contributed by atoms with Gasteiger partial charge in [0.1, 0.15) is 4.60 Å². The summed E-state index contributed by atoms with van der Waals surface area (Å²) in [6.07, 6.45) is 0. The monoisotopic (exact) mass is 267 g/mol. The van der Waals surface area contributed by atoms with E-state index in [2.05, 4.69) is 26.2 Å². The molecule has 1 heterocycles. The molecule has 0 saturated heterocycles. The first kappa shape index (κ1) is 13.1. The van der Waals surface area contributed by atoms with E-state index in [1.807, 2.05) is 0 Å². The summed E-state index contributed by atoms with van der Waals surface area (Å²) in [6, 6.07) is 0. The minimum atomic E-state index is -5.02. The molecule has 0 bridgehead atoms. The van der Waals surface area contributed by atoms with Crippen LogP contribution in [0.3, 0.4) is 0 Å². The van der Waals surface area contributed by atoms with Gasteiger partial charge in [-0.15, -0.1) is 5.10 Å². The van der Waals surface area contributed by atoms with Crippen molar-refractivity contribution < 1.29 is 64.3 Å². The van der Waals surface area contributed by atoms with Gasteiger partial charge in [-0.05, 0) is 15.9 Å². The fourth-order valence-corrected chi connectivity index (χ4v) is 1.27. The summed E-state index contributed by atoms with van der Waals surface area (Å²) in [5, 5.41) is 6.41. The zero-order valence-corrected chi connectivity index (χ0v) is 11.1. The average molecular weight is 268 g/mol. The second-order valence-corrected chi connectivity index (χ2v) is 2.72. The van der Waals surface area contributed by atoms with Crippen molar-refractivity contribution in [3.63, 3.8) is 0 Å². The van der Waals surface area contributed by atoms with Gasteiger partial charge in [-0.3, -0.25) is 4.68 Å². The largest absolute Gasteiger partial charge is 1.00 e. The van der Waals surface area contributed by atoms with Crippen molar-refractivity contribution in [2.75, 3.05) is 0 Å². The summed E-state index contributed by atoms with van der Waals surface area (Å²) in [4.78, 5) is 0. The Labute approximate surface area is 118 Å². The summed E-state index contributed by atoms with van der Waals surface area (Å²) >= 11 is 2.65. The predicted molar refractivity (Wildman–Crippen MR) is 37.4 cm³/mol. The van der Waals surface area contributed by atoms with Crippen molar-refractivity contribution in [1.82, 2.24) is 15.0 Å². The van der Waals surface area contributed by atoms with E-state index in [4.69, 9.17) is 0 Å². The van der Waals surface area contributed by atoms with Crippen LogP contribution in [-0.4, -0.2) is 22.0 Å². The molecule has 3 nitrogen and oxygen atoms in total. The molecule has 0 aliphatic heterocycles. The normalized spacial score (nSPS) is 11.1. The van der Waals surface area contributed by atoms with Crippen LogP contribution in [0.4, 0.5) is 12.9 Å². The van der Waals surface area contributed by atoms with Crippen LogP contribution in [0.2, 0.25) is 0 Å². The van der Waals surface area contributed by atoms with Gasteiger partial charge in [-0.25, -0.2) is 0 Å². The first-order valence-corrected chi connectivity index (χ1v) is 3.47. The van der Waals surface area contributed by atoms with E-state index in [9.17, 15) is 12.9 Å². The molecular formula is C3H3BBrF3KN3. The Morgan fingerprint density at radius 2 is 1.92 bits per heavy atom. The number of hydrogen-bond donors (Lipinski definition) is 0. The molecule has 0 aliphatic carbocycles. The van der Waals surface area contributed by atoms with Gasteiger partial charge < -0.3 is 12.9 Å². The van der Waals surface area contributed by atoms with E-state index in [0.29, 0.717) is 4.68 Å². The van der Waals surface area contributed by atoms with Crippen LogP contribution in [-0.2, 0) is 7.05 Å². The summed E-state index contributed by atoms with van der Waals surface area (Å²) in [7, 11) is 1.20. The fourth-order valence-electron chi connectivity index (χ4n) is 0.686. The minimum Gasteiger partial charge on any atom is -0.444 e. The Bertz CT molecular complexity index is 255. The van der Waals surface area contributed by atoms with Crippen molar-refractivity contribution in [1.29, 1.82) is 0 Å². The van der Waals surface area contributed by atoms with Crippen LogP contribution in [0.25, 0.3) is 0 Å². The number of nitrogens with zero attached hydrogens (tertiary/aromatic N) is 3. The topological polar surface area (TPSA) is 30.7 Å². The molecular weight excluding hydrogens is 265 g/mol. The Balaban J connectivity index is 0.00000121. The van der Waals surface area contributed by atoms with E-state index in [-0.39, 0.29) is 56.0 Å². The number of aromatic nitrogens is 3. The predicted octanol–water partition coefficient (Wildman–Crippen LogP) is -2.36. The maximum absolute atomic E-state index is 12.1. The van der Waals surface area contributed by atoms with Crippen LogP contribution in [0.1, 0.15) is 0 Å². The van der Waals surface area contributed by atoms with Crippen molar-refractivity contribution in [3.8, 4) is 0 Å². The van der Waals surface area contributed by atoms with Gasteiger partial charge in [0, 0.05) is 12.6 Å². The summed E-state index contributed by atoms with van der Waals surface area (Å²) in [6.45, 7) is -5.02. The van der Waals surface area contributed by atoms with Gasteiger partial charge >= 0.3 is 58.4 Å². The van der Waals surface area contributed by atoms with E-state index in [1.54, 1.807) is 0 Å². The third-order valence-corrected chi connectivity index (χ3v) is 1.70. The van der Waals surface area contributed by atoms with Gasteiger partial charge in [0.25, 0.3) is 0 Å². The molecule has 0 radical (unpaired) electrons.